The van der Waals surface area contributed by atoms with Crippen LogP contribution in [0.15, 0.2) is 0 Å². The summed E-state index contributed by atoms with van der Waals surface area (Å²) in [5.74, 6) is 0. The summed E-state index contributed by atoms with van der Waals surface area (Å²) in [5.41, 5.74) is 0.555. The van der Waals surface area contributed by atoms with Crippen LogP contribution in [0.4, 0.5) is 0 Å². The summed E-state index contributed by atoms with van der Waals surface area (Å²) in [5, 5.41) is 3.52. The molecular formula is C13H28N2. The summed E-state index contributed by atoms with van der Waals surface area (Å²) < 4.78 is 0. The van der Waals surface area contributed by atoms with Gasteiger partial charge in [0.15, 0.2) is 0 Å². The Bertz CT molecular complexity index is 173. The molecule has 0 aliphatic carbocycles. The standard InChI is InChI=1S/C13H28N2/c1-5-12(4)15(7-3)11-13(6-2)8-9-14-10-13/h12,14H,5-11H2,1-4H3. The van der Waals surface area contributed by atoms with Crippen LogP contribution in [0.3, 0.4) is 0 Å². The SMILES string of the molecule is CCC(C)N(CC)CC1(CC)CCNC1. The summed E-state index contributed by atoms with van der Waals surface area (Å²) in [4.78, 5) is 2.65. The normalized spacial score (nSPS) is 28.6. The molecule has 0 aromatic rings. The van der Waals surface area contributed by atoms with Crippen LogP contribution in [-0.2, 0) is 0 Å². The lowest BCUT2D eigenvalue weighted by molar-refractivity contribution is 0.125. The first-order chi connectivity index (χ1) is 7.17. The van der Waals surface area contributed by atoms with E-state index in [1.807, 2.05) is 0 Å². The summed E-state index contributed by atoms with van der Waals surface area (Å²) in [6.07, 6.45) is 3.93. The maximum absolute atomic E-state index is 3.52. The van der Waals surface area contributed by atoms with Crippen molar-refractivity contribution in [1.29, 1.82) is 0 Å². The van der Waals surface area contributed by atoms with Crippen LogP contribution in [0.5, 0.6) is 0 Å². The topological polar surface area (TPSA) is 15.3 Å². The summed E-state index contributed by atoms with van der Waals surface area (Å²) in [6.45, 7) is 14.2. The van der Waals surface area contributed by atoms with Crippen molar-refractivity contribution in [1.82, 2.24) is 10.2 Å². The van der Waals surface area contributed by atoms with E-state index in [9.17, 15) is 0 Å². The largest absolute Gasteiger partial charge is 0.316 e. The van der Waals surface area contributed by atoms with Crippen LogP contribution >= 0.6 is 0 Å². The lowest BCUT2D eigenvalue weighted by Gasteiger charge is -2.36. The van der Waals surface area contributed by atoms with E-state index in [0.29, 0.717) is 5.41 Å². The minimum atomic E-state index is 0.555. The van der Waals surface area contributed by atoms with Gasteiger partial charge < -0.3 is 10.2 Å². The zero-order valence-electron chi connectivity index (χ0n) is 11.0. The third-order valence-corrected chi connectivity index (χ3v) is 4.24. The predicted octanol–water partition coefficient (Wildman–Crippen LogP) is 2.50. The molecule has 15 heavy (non-hydrogen) atoms. The highest BCUT2D eigenvalue weighted by Crippen LogP contribution is 2.31. The monoisotopic (exact) mass is 212 g/mol. The zero-order chi connectivity index (χ0) is 11.3. The van der Waals surface area contributed by atoms with E-state index in [2.05, 4.69) is 37.9 Å². The molecule has 0 saturated carbocycles. The van der Waals surface area contributed by atoms with Crippen LogP contribution in [0, 0.1) is 5.41 Å². The van der Waals surface area contributed by atoms with Gasteiger partial charge in [-0.2, -0.15) is 0 Å². The Hall–Kier alpha value is -0.0800. The fourth-order valence-electron chi connectivity index (χ4n) is 2.61. The summed E-state index contributed by atoms with van der Waals surface area (Å²) in [6, 6.07) is 0.735. The second kappa shape index (κ2) is 5.86. The molecule has 1 aliphatic rings. The molecule has 0 bridgehead atoms. The predicted molar refractivity (Wildman–Crippen MR) is 67.2 cm³/mol. The third-order valence-electron chi connectivity index (χ3n) is 4.24. The average molecular weight is 212 g/mol. The molecule has 0 aromatic carbocycles. The van der Waals surface area contributed by atoms with Gasteiger partial charge in [-0.05, 0) is 44.7 Å². The number of hydrogen-bond donors (Lipinski definition) is 1. The Morgan fingerprint density at radius 3 is 2.47 bits per heavy atom. The molecule has 0 aromatic heterocycles. The Morgan fingerprint density at radius 2 is 2.07 bits per heavy atom. The molecular weight excluding hydrogens is 184 g/mol. The van der Waals surface area contributed by atoms with Crippen LogP contribution in [0.25, 0.3) is 0 Å². The third kappa shape index (κ3) is 3.18. The minimum absolute atomic E-state index is 0.555. The molecule has 0 radical (unpaired) electrons. The number of hydrogen-bond acceptors (Lipinski definition) is 2. The van der Waals surface area contributed by atoms with Gasteiger partial charge in [0, 0.05) is 19.1 Å². The fourth-order valence-corrected chi connectivity index (χ4v) is 2.61. The Balaban J connectivity index is 2.55. The molecule has 1 saturated heterocycles. The van der Waals surface area contributed by atoms with Crippen molar-refractivity contribution >= 4 is 0 Å². The lowest BCUT2D eigenvalue weighted by Crippen LogP contribution is -2.43. The Kier molecular flexibility index (Phi) is 5.07. The van der Waals surface area contributed by atoms with Gasteiger partial charge in [0.05, 0.1) is 0 Å². The number of nitrogens with zero attached hydrogens (tertiary/aromatic N) is 1. The van der Waals surface area contributed by atoms with E-state index in [0.717, 1.165) is 6.04 Å². The quantitative estimate of drug-likeness (QED) is 0.728. The highest BCUT2D eigenvalue weighted by Gasteiger charge is 2.34. The van der Waals surface area contributed by atoms with Crippen molar-refractivity contribution in [3.05, 3.63) is 0 Å². The van der Waals surface area contributed by atoms with Crippen molar-refractivity contribution < 1.29 is 0 Å². The molecule has 1 fully saturated rings. The average Bonchev–Trinajstić information content (AvgIpc) is 2.74. The fraction of sp³-hybridized carbons (Fsp3) is 1.00. The van der Waals surface area contributed by atoms with Gasteiger partial charge in [-0.15, -0.1) is 0 Å². The maximum atomic E-state index is 3.52. The molecule has 1 heterocycles. The van der Waals surface area contributed by atoms with Crippen molar-refractivity contribution in [3.63, 3.8) is 0 Å². The van der Waals surface area contributed by atoms with Crippen LogP contribution in [0.1, 0.15) is 47.0 Å². The number of rotatable bonds is 6. The van der Waals surface area contributed by atoms with E-state index < -0.39 is 0 Å². The van der Waals surface area contributed by atoms with Crippen LogP contribution in [-0.4, -0.2) is 37.1 Å². The van der Waals surface area contributed by atoms with Gasteiger partial charge in [-0.25, -0.2) is 0 Å². The smallest absolute Gasteiger partial charge is 0.00644 e. The molecule has 1 N–H and O–H groups in total. The Morgan fingerprint density at radius 1 is 1.33 bits per heavy atom. The minimum Gasteiger partial charge on any atom is -0.316 e. The molecule has 1 rings (SSSR count). The van der Waals surface area contributed by atoms with Gasteiger partial charge in [-0.3, -0.25) is 0 Å². The molecule has 0 spiro atoms. The van der Waals surface area contributed by atoms with Gasteiger partial charge in [0.25, 0.3) is 0 Å². The van der Waals surface area contributed by atoms with E-state index in [-0.39, 0.29) is 0 Å². The van der Waals surface area contributed by atoms with E-state index in [4.69, 9.17) is 0 Å². The maximum Gasteiger partial charge on any atom is 0.00644 e. The molecule has 2 atom stereocenters. The van der Waals surface area contributed by atoms with Crippen molar-refractivity contribution in [3.8, 4) is 0 Å². The van der Waals surface area contributed by atoms with Gasteiger partial charge in [0.2, 0.25) is 0 Å². The molecule has 1 aliphatic heterocycles. The first-order valence-corrected chi connectivity index (χ1v) is 6.62. The Labute approximate surface area is 95.4 Å². The number of nitrogens with one attached hydrogen (secondary N) is 1. The van der Waals surface area contributed by atoms with Crippen molar-refractivity contribution in [2.75, 3.05) is 26.2 Å². The lowest BCUT2D eigenvalue weighted by atomic mass is 9.83. The molecule has 90 valence electrons. The van der Waals surface area contributed by atoms with Gasteiger partial charge in [-0.1, -0.05) is 20.8 Å². The van der Waals surface area contributed by atoms with Gasteiger partial charge in [0.1, 0.15) is 0 Å². The van der Waals surface area contributed by atoms with E-state index in [1.54, 1.807) is 0 Å². The molecule has 2 heteroatoms. The second-order valence-corrected chi connectivity index (χ2v) is 5.10. The van der Waals surface area contributed by atoms with Crippen LogP contribution in [0.2, 0.25) is 0 Å². The first-order valence-electron chi connectivity index (χ1n) is 6.62. The van der Waals surface area contributed by atoms with Crippen LogP contribution < -0.4 is 5.32 Å². The summed E-state index contributed by atoms with van der Waals surface area (Å²) in [7, 11) is 0. The van der Waals surface area contributed by atoms with Gasteiger partial charge >= 0.3 is 0 Å². The molecule has 2 unspecified atom stereocenters. The van der Waals surface area contributed by atoms with Crippen molar-refractivity contribution in [2.45, 2.75) is 53.0 Å². The second-order valence-electron chi connectivity index (χ2n) is 5.10. The molecule has 0 amide bonds. The van der Waals surface area contributed by atoms with E-state index in [1.165, 1.54) is 45.4 Å². The van der Waals surface area contributed by atoms with Crippen molar-refractivity contribution in [2.24, 2.45) is 5.41 Å². The highest BCUT2D eigenvalue weighted by atomic mass is 15.2. The zero-order valence-corrected chi connectivity index (χ0v) is 11.0. The summed E-state index contributed by atoms with van der Waals surface area (Å²) >= 11 is 0. The van der Waals surface area contributed by atoms with E-state index >= 15 is 0 Å². The highest BCUT2D eigenvalue weighted by molar-refractivity contribution is 4.90. The first kappa shape index (κ1) is 13.0. The molecule has 2 nitrogen and oxygen atoms in total.